The third-order valence-corrected chi connectivity index (χ3v) is 5.24. The predicted molar refractivity (Wildman–Crippen MR) is 80.9 cm³/mol. The summed E-state index contributed by atoms with van der Waals surface area (Å²) in [4.78, 5) is 0. The molecule has 0 aromatic heterocycles. The van der Waals surface area contributed by atoms with E-state index in [0.717, 1.165) is 23.6 Å². The van der Waals surface area contributed by atoms with Crippen LogP contribution in [0.3, 0.4) is 0 Å². The highest BCUT2D eigenvalue weighted by Gasteiger charge is 2.36. The summed E-state index contributed by atoms with van der Waals surface area (Å²) < 4.78 is 12.8. The minimum Gasteiger partial charge on any atom is -0.379 e. The monoisotopic (exact) mass is 354 g/mol. The van der Waals surface area contributed by atoms with Gasteiger partial charge in [0, 0.05) is 11.0 Å². The van der Waals surface area contributed by atoms with E-state index in [0.29, 0.717) is 0 Å². The SMILES string of the molecule is CCOCC(C)OC1(CI)CCC(CC)CC1. The van der Waals surface area contributed by atoms with Gasteiger partial charge in [0.05, 0.1) is 18.3 Å². The molecule has 0 amide bonds. The average molecular weight is 354 g/mol. The highest BCUT2D eigenvalue weighted by Crippen LogP contribution is 2.38. The summed E-state index contributed by atoms with van der Waals surface area (Å²) in [6.45, 7) is 7.98. The molecule has 1 aliphatic rings. The van der Waals surface area contributed by atoms with Crippen molar-refractivity contribution >= 4 is 22.6 Å². The molecule has 0 N–H and O–H groups in total. The Balaban J connectivity index is 2.41. The zero-order valence-corrected chi connectivity index (χ0v) is 13.7. The second-order valence-electron chi connectivity index (χ2n) is 5.26. The summed E-state index contributed by atoms with van der Waals surface area (Å²) in [5.41, 5.74) is 0.128. The lowest BCUT2D eigenvalue weighted by atomic mass is 9.78. The molecule has 0 saturated heterocycles. The highest BCUT2D eigenvalue weighted by atomic mass is 127. The molecule has 1 unspecified atom stereocenters. The maximum absolute atomic E-state index is 6.29. The zero-order valence-electron chi connectivity index (χ0n) is 11.5. The Labute approximate surface area is 120 Å². The number of hydrogen-bond donors (Lipinski definition) is 0. The smallest absolute Gasteiger partial charge is 0.0788 e. The molecule has 0 radical (unpaired) electrons. The molecule has 3 heteroatoms. The molecular formula is C14H27IO2. The van der Waals surface area contributed by atoms with Crippen molar-refractivity contribution in [3.63, 3.8) is 0 Å². The summed E-state index contributed by atoms with van der Waals surface area (Å²) in [6, 6.07) is 0. The van der Waals surface area contributed by atoms with E-state index < -0.39 is 0 Å². The minimum absolute atomic E-state index is 0.128. The van der Waals surface area contributed by atoms with Crippen LogP contribution in [0.4, 0.5) is 0 Å². The Morgan fingerprint density at radius 2 is 1.94 bits per heavy atom. The molecule has 1 saturated carbocycles. The fraction of sp³-hybridized carbons (Fsp3) is 1.00. The lowest BCUT2D eigenvalue weighted by molar-refractivity contribution is -0.118. The van der Waals surface area contributed by atoms with Gasteiger partial charge in [-0.1, -0.05) is 35.9 Å². The van der Waals surface area contributed by atoms with Crippen LogP contribution in [0, 0.1) is 5.92 Å². The molecule has 0 bridgehead atoms. The van der Waals surface area contributed by atoms with Crippen molar-refractivity contribution in [2.45, 2.75) is 64.6 Å². The first-order valence-corrected chi connectivity index (χ1v) is 8.50. The van der Waals surface area contributed by atoms with E-state index in [2.05, 4.69) is 36.4 Å². The molecular weight excluding hydrogens is 327 g/mol. The Kier molecular flexibility index (Phi) is 7.34. The lowest BCUT2D eigenvalue weighted by Crippen LogP contribution is -2.42. The zero-order chi connectivity index (χ0) is 12.7. The van der Waals surface area contributed by atoms with Gasteiger partial charge in [0.1, 0.15) is 0 Å². The van der Waals surface area contributed by atoms with Crippen molar-refractivity contribution in [2.24, 2.45) is 5.92 Å². The Hall–Kier alpha value is 0.650. The molecule has 0 aromatic carbocycles. The van der Waals surface area contributed by atoms with Gasteiger partial charge in [-0.15, -0.1) is 0 Å². The van der Waals surface area contributed by atoms with Crippen LogP contribution >= 0.6 is 22.6 Å². The van der Waals surface area contributed by atoms with Crippen molar-refractivity contribution in [1.82, 2.24) is 0 Å². The van der Waals surface area contributed by atoms with Crippen LogP contribution in [-0.4, -0.2) is 29.3 Å². The van der Waals surface area contributed by atoms with Crippen LogP contribution in [-0.2, 0) is 9.47 Å². The quantitative estimate of drug-likeness (QED) is 0.504. The van der Waals surface area contributed by atoms with Crippen molar-refractivity contribution in [2.75, 3.05) is 17.6 Å². The fourth-order valence-electron chi connectivity index (χ4n) is 2.64. The molecule has 0 spiro atoms. The molecule has 1 atom stereocenters. The van der Waals surface area contributed by atoms with Gasteiger partial charge in [0.25, 0.3) is 0 Å². The van der Waals surface area contributed by atoms with Gasteiger partial charge < -0.3 is 9.47 Å². The summed E-state index contributed by atoms with van der Waals surface area (Å²) in [7, 11) is 0. The van der Waals surface area contributed by atoms with Gasteiger partial charge >= 0.3 is 0 Å². The minimum atomic E-state index is 0.128. The van der Waals surface area contributed by atoms with Gasteiger partial charge in [-0.2, -0.15) is 0 Å². The topological polar surface area (TPSA) is 18.5 Å². The van der Waals surface area contributed by atoms with Crippen LogP contribution in [0.5, 0.6) is 0 Å². The van der Waals surface area contributed by atoms with Gasteiger partial charge in [-0.05, 0) is 45.4 Å². The molecule has 1 rings (SSSR count). The molecule has 102 valence electrons. The first-order valence-electron chi connectivity index (χ1n) is 6.97. The molecule has 2 nitrogen and oxygen atoms in total. The Morgan fingerprint density at radius 3 is 2.41 bits per heavy atom. The van der Waals surface area contributed by atoms with E-state index in [1.807, 2.05) is 6.92 Å². The number of halogens is 1. The van der Waals surface area contributed by atoms with E-state index in [9.17, 15) is 0 Å². The third-order valence-electron chi connectivity index (χ3n) is 3.85. The lowest BCUT2D eigenvalue weighted by Gasteiger charge is -2.40. The Bertz CT molecular complexity index is 200. The van der Waals surface area contributed by atoms with Crippen molar-refractivity contribution in [3.8, 4) is 0 Å². The second-order valence-corrected chi connectivity index (χ2v) is 6.02. The largest absolute Gasteiger partial charge is 0.379 e. The standard InChI is InChI=1S/C14H27IO2/c1-4-13-6-8-14(11-15,9-7-13)17-12(3)10-16-5-2/h12-13H,4-11H2,1-3H3. The molecule has 0 aliphatic heterocycles. The van der Waals surface area contributed by atoms with Gasteiger partial charge in [0.2, 0.25) is 0 Å². The summed E-state index contributed by atoms with van der Waals surface area (Å²) in [6.07, 6.45) is 6.67. The highest BCUT2D eigenvalue weighted by molar-refractivity contribution is 14.1. The number of hydrogen-bond acceptors (Lipinski definition) is 2. The van der Waals surface area contributed by atoms with E-state index in [4.69, 9.17) is 9.47 Å². The van der Waals surface area contributed by atoms with Crippen molar-refractivity contribution in [1.29, 1.82) is 0 Å². The summed E-state index contributed by atoms with van der Waals surface area (Å²) in [5, 5.41) is 0. The number of alkyl halides is 1. The molecule has 1 fully saturated rings. The Morgan fingerprint density at radius 1 is 1.29 bits per heavy atom. The van der Waals surface area contributed by atoms with Crippen LogP contribution in [0.2, 0.25) is 0 Å². The second kappa shape index (κ2) is 7.95. The third kappa shape index (κ3) is 5.03. The van der Waals surface area contributed by atoms with E-state index in [1.165, 1.54) is 32.1 Å². The summed E-state index contributed by atoms with van der Waals surface area (Å²) >= 11 is 2.48. The fourth-order valence-corrected chi connectivity index (χ4v) is 3.58. The van der Waals surface area contributed by atoms with E-state index in [-0.39, 0.29) is 11.7 Å². The summed E-state index contributed by atoms with van der Waals surface area (Å²) in [5.74, 6) is 0.928. The molecule has 0 heterocycles. The first kappa shape index (κ1) is 15.7. The van der Waals surface area contributed by atoms with Crippen molar-refractivity contribution in [3.05, 3.63) is 0 Å². The predicted octanol–water partition coefficient (Wildman–Crippen LogP) is 4.20. The van der Waals surface area contributed by atoms with E-state index in [1.54, 1.807) is 0 Å². The van der Waals surface area contributed by atoms with Crippen LogP contribution in [0.15, 0.2) is 0 Å². The van der Waals surface area contributed by atoms with Crippen LogP contribution in [0.1, 0.15) is 52.9 Å². The first-order chi connectivity index (χ1) is 8.15. The van der Waals surface area contributed by atoms with Gasteiger partial charge in [-0.25, -0.2) is 0 Å². The average Bonchev–Trinajstić information content (AvgIpc) is 2.37. The van der Waals surface area contributed by atoms with Crippen LogP contribution in [0.25, 0.3) is 0 Å². The maximum atomic E-state index is 6.29. The normalized spacial score (nSPS) is 31.4. The van der Waals surface area contributed by atoms with Crippen molar-refractivity contribution < 1.29 is 9.47 Å². The molecule has 0 aromatic rings. The van der Waals surface area contributed by atoms with E-state index >= 15 is 0 Å². The van der Waals surface area contributed by atoms with Gasteiger partial charge in [-0.3, -0.25) is 0 Å². The number of ether oxygens (including phenoxy) is 2. The van der Waals surface area contributed by atoms with Crippen LogP contribution < -0.4 is 0 Å². The maximum Gasteiger partial charge on any atom is 0.0788 e. The van der Waals surface area contributed by atoms with Gasteiger partial charge in [0.15, 0.2) is 0 Å². The molecule has 17 heavy (non-hydrogen) atoms. The number of rotatable bonds is 7. The molecule has 1 aliphatic carbocycles.